The Morgan fingerprint density at radius 1 is 1.29 bits per heavy atom. The van der Waals surface area contributed by atoms with E-state index in [-0.39, 0.29) is 16.3 Å². The number of carbonyl (C=O) groups excluding carboxylic acids is 1. The van der Waals surface area contributed by atoms with Crippen LogP contribution < -0.4 is 9.73 Å². The van der Waals surface area contributed by atoms with Gasteiger partial charge in [-0.15, -0.1) is 0 Å². The summed E-state index contributed by atoms with van der Waals surface area (Å²) in [6.45, 7) is 1.42. The summed E-state index contributed by atoms with van der Waals surface area (Å²) in [6, 6.07) is 10.9. The molecule has 2 aromatic rings. The Morgan fingerprint density at radius 2 is 1.93 bits per heavy atom. The molecule has 2 aromatic carbocycles. The zero-order valence-corrected chi connectivity index (χ0v) is 16.5. The van der Waals surface area contributed by atoms with Gasteiger partial charge in [-0.1, -0.05) is 29.8 Å². The maximum Gasteiger partial charge on any atom is 0.270 e. The van der Waals surface area contributed by atoms with Crippen molar-refractivity contribution in [2.45, 2.75) is 13.0 Å². The number of hydrogen-bond acceptors (Lipinski definition) is 6. The van der Waals surface area contributed by atoms with Gasteiger partial charge in [0.1, 0.15) is 6.04 Å². The highest BCUT2D eigenvalue weighted by atomic mass is 35.5. The minimum Gasteiger partial charge on any atom is -0.271 e. The van der Waals surface area contributed by atoms with Crippen LogP contribution in [0, 0.1) is 10.1 Å². The Morgan fingerprint density at radius 3 is 2.50 bits per heavy atom. The van der Waals surface area contributed by atoms with E-state index in [1.807, 2.05) is 0 Å². The van der Waals surface area contributed by atoms with Crippen LogP contribution in [0.2, 0.25) is 5.02 Å². The average Bonchev–Trinajstić information content (AvgIpc) is 2.62. The second-order valence-corrected chi connectivity index (χ2v) is 8.03. The molecular weight excluding hydrogens is 408 g/mol. The first-order valence-electron chi connectivity index (χ1n) is 7.92. The van der Waals surface area contributed by atoms with E-state index in [1.165, 1.54) is 25.1 Å². The largest absolute Gasteiger partial charge is 0.271 e. The van der Waals surface area contributed by atoms with Gasteiger partial charge >= 0.3 is 0 Å². The van der Waals surface area contributed by atoms with Crippen molar-refractivity contribution in [3.05, 3.63) is 69.2 Å². The predicted octanol–water partition coefficient (Wildman–Crippen LogP) is 2.55. The lowest BCUT2D eigenvalue weighted by Gasteiger charge is -2.27. The number of rotatable bonds is 7. The SMILES string of the molecule is C[C@H](C(=O)N/N=C\c1cc([N+](=O)[O-])ccc1Cl)N(c1ccccc1)S(C)(=O)=O. The van der Waals surface area contributed by atoms with Gasteiger partial charge in [0.05, 0.1) is 23.1 Å². The second kappa shape index (κ2) is 8.81. The number of para-hydroxylation sites is 1. The summed E-state index contributed by atoms with van der Waals surface area (Å²) in [5, 5.41) is 14.8. The number of sulfonamides is 1. The lowest BCUT2D eigenvalue weighted by molar-refractivity contribution is -0.384. The molecule has 28 heavy (non-hydrogen) atoms. The van der Waals surface area contributed by atoms with Gasteiger partial charge in [-0.3, -0.25) is 19.2 Å². The van der Waals surface area contributed by atoms with Crippen molar-refractivity contribution in [1.29, 1.82) is 0 Å². The number of nitro groups is 1. The topological polar surface area (TPSA) is 122 Å². The van der Waals surface area contributed by atoms with Crippen LogP contribution >= 0.6 is 11.6 Å². The van der Waals surface area contributed by atoms with Crippen molar-refractivity contribution in [1.82, 2.24) is 5.43 Å². The first-order valence-corrected chi connectivity index (χ1v) is 10.1. The Balaban J connectivity index is 2.18. The van der Waals surface area contributed by atoms with Crippen molar-refractivity contribution in [2.24, 2.45) is 5.10 Å². The summed E-state index contributed by atoms with van der Waals surface area (Å²) < 4.78 is 25.3. The van der Waals surface area contributed by atoms with Gasteiger partial charge in [0.25, 0.3) is 11.6 Å². The number of hydrogen-bond donors (Lipinski definition) is 1. The fourth-order valence-corrected chi connectivity index (χ4v) is 3.73. The number of halogens is 1. The maximum atomic E-state index is 12.4. The lowest BCUT2D eigenvalue weighted by Crippen LogP contribution is -2.46. The number of hydrazone groups is 1. The summed E-state index contributed by atoms with van der Waals surface area (Å²) >= 11 is 5.96. The van der Waals surface area contributed by atoms with E-state index >= 15 is 0 Å². The highest BCUT2D eigenvalue weighted by Gasteiger charge is 2.28. The van der Waals surface area contributed by atoms with Crippen molar-refractivity contribution in [3.63, 3.8) is 0 Å². The molecule has 0 aromatic heterocycles. The average molecular weight is 425 g/mol. The van der Waals surface area contributed by atoms with Crippen LogP contribution in [0.15, 0.2) is 53.6 Å². The Hall–Kier alpha value is -2.98. The third-order valence-corrected chi connectivity index (χ3v) is 5.25. The molecule has 1 amide bonds. The third kappa shape index (κ3) is 5.27. The minimum atomic E-state index is -3.74. The first kappa shape index (κ1) is 21.3. The molecular formula is C17H17ClN4O5S. The van der Waals surface area contributed by atoms with E-state index < -0.39 is 26.9 Å². The van der Waals surface area contributed by atoms with Gasteiger partial charge in [0, 0.05) is 22.7 Å². The summed E-state index contributed by atoms with van der Waals surface area (Å²) in [4.78, 5) is 22.6. The molecule has 0 saturated heterocycles. The third-order valence-electron chi connectivity index (χ3n) is 3.67. The molecule has 0 aliphatic carbocycles. The Bertz CT molecular complexity index is 1010. The molecule has 0 unspecified atom stereocenters. The van der Waals surface area contributed by atoms with Crippen molar-refractivity contribution in [2.75, 3.05) is 10.6 Å². The van der Waals surface area contributed by atoms with E-state index in [4.69, 9.17) is 11.6 Å². The normalized spacial score (nSPS) is 12.5. The Kier molecular flexibility index (Phi) is 6.71. The fraction of sp³-hybridized carbons (Fsp3) is 0.176. The molecule has 2 rings (SSSR count). The van der Waals surface area contributed by atoms with E-state index in [2.05, 4.69) is 10.5 Å². The molecule has 0 radical (unpaired) electrons. The standard InChI is InChI=1S/C17H17ClN4O5S/c1-12(21(28(2,26)27)14-6-4-3-5-7-14)17(23)20-19-11-13-10-15(22(24)25)8-9-16(13)18/h3-12H,1-2H3,(H,20,23)/b19-11-/t12-/m1/s1. The number of carbonyl (C=O) groups is 1. The molecule has 0 fully saturated rings. The molecule has 0 bridgehead atoms. The number of nitrogens with zero attached hydrogens (tertiary/aromatic N) is 3. The number of anilines is 1. The van der Waals surface area contributed by atoms with E-state index in [1.54, 1.807) is 30.3 Å². The van der Waals surface area contributed by atoms with E-state index in [9.17, 15) is 23.3 Å². The molecule has 1 atom stereocenters. The molecule has 0 aliphatic rings. The Labute approximate surface area is 166 Å². The zero-order chi connectivity index (χ0) is 20.9. The highest BCUT2D eigenvalue weighted by molar-refractivity contribution is 7.92. The van der Waals surface area contributed by atoms with Crippen molar-refractivity contribution in [3.8, 4) is 0 Å². The van der Waals surface area contributed by atoms with Gasteiger partial charge in [0.15, 0.2) is 0 Å². The van der Waals surface area contributed by atoms with Gasteiger partial charge in [0.2, 0.25) is 10.0 Å². The van der Waals surface area contributed by atoms with Gasteiger partial charge < -0.3 is 0 Å². The van der Waals surface area contributed by atoms with E-state index in [0.717, 1.165) is 16.8 Å². The van der Waals surface area contributed by atoms with Crippen LogP contribution in [0.25, 0.3) is 0 Å². The first-order chi connectivity index (χ1) is 13.1. The quantitative estimate of drug-likeness (QED) is 0.415. The van der Waals surface area contributed by atoms with Crippen LogP contribution in [-0.4, -0.2) is 37.8 Å². The number of nitro benzene ring substituents is 1. The summed E-state index contributed by atoms with van der Waals surface area (Å²) in [5.41, 5.74) is 2.60. The second-order valence-electron chi connectivity index (χ2n) is 5.77. The van der Waals surface area contributed by atoms with Crippen LogP contribution in [-0.2, 0) is 14.8 Å². The fourth-order valence-electron chi connectivity index (χ4n) is 2.39. The van der Waals surface area contributed by atoms with Gasteiger partial charge in [-0.05, 0) is 25.1 Å². The molecule has 0 saturated carbocycles. The lowest BCUT2D eigenvalue weighted by atomic mass is 10.2. The molecule has 9 nitrogen and oxygen atoms in total. The molecule has 11 heteroatoms. The number of nitrogens with one attached hydrogen (secondary N) is 1. The zero-order valence-electron chi connectivity index (χ0n) is 14.9. The van der Waals surface area contributed by atoms with Gasteiger partial charge in [-0.25, -0.2) is 13.8 Å². The summed E-state index contributed by atoms with van der Waals surface area (Å²) in [7, 11) is -3.74. The van der Waals surface area contributed by atoms with Gasteiger partial charge in [-0.2, -0.15) is 5.10 Å². The minimum absolute atomic E-state index is 0.183. The van der Waals surface area contributed by atoms with E-state index in [0.29, 0.717) is 5.69 Å². The predicted molar refractivity (Wildman–Crippen MR) is 107 cm³/mol. The molecule has 148 valence electrons. The molecule has 0 aliphatic heterocycles. The van der Waals surface area contributed by atoms with Crippen LogP contribution in [0.1, 0.15) is 12.5 Å². The van der Waals surface area contributed by atoms with Crippen molar-refractivity contribution >= 4 is 45.1 Å². The molecule has 1 N–H and O–H groups in total. The van der Waals surface area contributed by atoms with Crippen LogP contribution in [0.3, 0.4) is 0 Å². The van der Waals surface area contributed by atoms with Crippen LogP contribution in [0.5, 0.6) is 0 Å². The number of benzene rings is 2. The smallest absolute Gasteiger partial charge is 0.270 e. The van der Waals surface area contributed by atoms with Crippen molar-refractivity contribution < 1.29 is 18.1 Å². The highest BCUT2D eigenvalue weighted by Crippen LogP contribution is 2.21. The summed E-state index contributed by atoms with van der Waals surface area (Å²) in [5.74, 6) is -0.688. The summed E-state index contributed by atoms with van der Waals surface area (Å²) in [6.07, 6.45) is 2.14. The molecule has 0 spiro atoms. The monoisotopic (exact) mass is 424 g/mol. The molecule has 0 heterocycles. The maximum absolute atomic E-state index is 12.4. The van der Waals surface area contributed by atoms with Crippen LogP contribution in [0.4, 0.5) is 11.4 Å². The number of amides is 1. The number of non-ortho nitro benzene ring substituents is 1.